The van der Waals surface area contributed by atoms with E-state index in [1.54, 1.807) is 11.3 Å². The fourth-order valence-electron chi connectivity index (χ4n) is 1.49. The molecule has 0 radical (unpaired) electrons. The quantitative estimate of drug-likeness (QED) is 0.798. The standard InChI is InChI=1S/C8H11BrN2S/c9-7-6-12-8(10-7)5-11-3-1-2-4-11/h6H,1-5H2. The molecule has 12 heavy (non-hydrogen) atoms. The van der Waals surface area contributed by atoms with E-state index in [0.29, 0.717) is 0 Å². The van der Waals surface area contributed by atoms with Gasteiger partial charge in [0.2, 0.25) is 0 Å². The SMILES string of the molecule is Brc1csc(CN2CCCC2)n1. The first-order valence-corrected chi connectivity index (χ1v) is 5.84. The zero-order chi connectivity index (χ0) is 8.39. The molecule has 1 aromatic rings. The van der Waals surface area contributed by atoms with Crippen LogP contribution >= 0.6 is 27.3 Å². The summed E-state index contributed by atoms with van der Waals surface area (Å²) in [5.74, 6) is 0. The Labute approximate surface area is 84.7 Å². The van der Waals surface area contributed by atoms with Gasteiger partial charge in [-0.1, -0.05) is 0 Å². The Balaban J connectivity index is 1.94. The van der Waals surface area contributed by atoms with Crippen molar-refractivity contribution >= 4 is 27.3 Å². The number of halogens is 1. The summed E-state index contributed by atoms with van der Waals surface area (Å²) in [6.45, 7) is 3.53. The lowest BCUT2D eigenvalue weighted by Gasteiger charge is -2.11. The van der Waals surface area contributed by atoms with Crippen LogP contribution in [0.2, 0.25) is 0 Å². The Morgan fingerprint density at radius 2 is 2.25 bits per heavy atom. The average Bonchev–Trinajstić information content (AvgIpc) is 2.63. The smallest absolute Gasteiger partial charge is 0.117 e. The monoisotopic (exact) mass is 246 g/mol. The maximum atomic E-state index is 4.37. The van der Waals surface area contributed by atoms with Crippen LogP contribution in [0.3, 0.4) is 0 Å². The molecule has 0 amide bonds. The van der Waals surface area contributed by atoms with E-state index >= 15 is 0 Å². The maximum Gasteiger partial charge on any atom is 0.117 e. The molecule has 2 nitrogen and oxygen atoms in total. The van der Waals surface area contributed by atoms with Crippen molar-refractivity contribution in [3.63, 3.8) is 0 Å². The second-order valence-electron chi connectivity index (χ2n) is 3.05. The minimum Gasteiger partial charge on any atom is -0.297 e. The molecule has 0 unspecified atom stereocenters. The third-order valence-electron chi connectivity index (χ3n) is 2.08. The lowest BCUT2D eigenvalue weighted by atomic mass is 10.4. The normalized spacial score (nSPS) is 18.8. The van der Waals surface area contributed by atoms with Gasteiger partial charge in [-0.25, -0.2) is 4.98 Å². The molecule has 1 aliphatic rings. The molecule has 0 saturated carbocycles. The zero-order valence-corrected chi connectivity index (χ0v) is 9.20. The van der Waals surface area contributed by atoms with Crippen LogP contribution < -0.4 is 0 Å². The van der Waals surface area contributed by atoms with Gasteiger partial charge in [0.25, 0.3) is 0 Å². The number of aromatic nitrogens is 1. The van der Waals surface area contributed by atoms with Gasteiger partial charge in [0.15, 0.2) is 0 Å². The van der Waals surface area contributed by atoms with E-state index in [-0.39, 0.29) is 0 Å². The minimum atomic E-state index is 0.974. The molecule has 0 aliphatic carbocycles. The Morgan fingerprint density at radius 1 is 1.50 bits per heavy atom. The molecule has 2 rings (SSSR count). The number of nitrogens with zero attached hydrogens (tertiary/aromatic N) is 2. The van der Waals surface area contributed by atoms with Gasteiger partial charge in [0, 0.05) is 5.38 Å². The summed E-state index contributed by atoms with van der Waals surface area (Å²) in [4.78, 5) is 6.83. The fraction of sp³-hybridized carbons (Fsp3) is 0.625. The number of hydrogen-bond donors (Lipinski definition) is 0. The number of likely N-dealkylation sites (tertiary alicyclic amines) is 1. The van der Waals surface area contributed by atoms with E-state index in [0.717, 1.165) is 11.1 Å². The topological polar surface area (TPSA) is 16.1 Å². The molecule has 1 fully saturated rings. The molecule has 0 atom stereocenters. The average molecular weight is 247 g/mol. The van der Waals surface area contributed by atoms with Gasteiger partial charge < -0.3 is 0 Å². The Kier molecular flexibility index (Phi) is 2.78. The van der Waals surface area contributed by atoms with Crippen molar-refractivity contribution in [1.82, 2.24) is 9.88 Å². The van der Waals surface area contributed by atoms with E-state index in [1.807, 2.05) is 5.38 Å². The molecule has 66 valence electrons. The molecule has 0 aromatic carbocycles. The van der Waals surface area contributed by atoms with Gasteiger partial charge in [-0.15, -0.1) is 11.3 Å². The molecule has 4 heteroatoms. The predicted octanol–water partition coefficient (Wildman–Crippen LogP) is 2.50. The van der Waals surface area contributed by atoms with Gasteiger partial charge in [-0.05, 0) is 41.9 Å². The highest BCUT2D eigenvalue weighted by Crippen LogP contribution is 2.18. The second-order valence-corrected chi connectivity index (χ2v) is 4.80. The van der Waals surface area contributed by atoms with Crippen LogP contribution in [0.4, 0.5) is 0 Å². The Morgan fingerprint density at radius 3 is 2.83 bits per heavy atom. The van der Waals surface area contributed by atoms with Crippen molar-refractivity contribution in [2.45, 2.75) is 19.4 Å². The number of hydrogen-bond acceptors (Lipinski definition) is 3. The summed E-state index contributed by atoms with van der Waals surface area (Å²) in [6.07, 6.45) is 2.71. The van der Waals surface area contributed by atoms with Crippen LogP contribution in [0.1, 0.15) is 17.8 Å². The molecule has 1 aromatic heterocycles. The first-order chi connectivity index (χ1) is 5.84. The van der Waals surface area contributed by atoms with Crippen molar-refractivity contribution in [1.29, 1.82) is 0 Å². The van der Waals surface area contributed by atoms with E-state index < -0.39 is 0 Å². The largest absolute Gasteiger partial charge is 0.297 e. The van der Waals surface area contributed by atoms with Crippen molar-refractivity contribution in [2.24, 2.45) is 0 Å². The van der Waals surface area contributed by atoms with Crippen LogP contribution in [0.15, 0.2) is 9.98 Å². The van der Waals surface area contributed by atoms with Crippen LogP contribution in [-0.2, 0) is 6.54 Å². The van der Waals surface area contributed by atoms with Crippen molar-refractivity contribution in [3.05, 3.63) is 15.0 Å². The first kappa shape index (κ1) is 8.66. The lowest BCUT2D eigenvalue weighted by Crippen LogP contribution is -2.18. The summed E-state index contributed by atoms with van der Waals surface area (Å²) in [6, 6.07) is 0. The van der Waals surface area contributed by atoms with Crippen LogP contribution in [-0.4, -0.2) is 23.0 Å². The predicted molar refractivity (Wildman–Crippen MR) is 54.3 cm³/mol. The van der Waals surface area contributed by atoms with Gasteiger partial charge in [0.1, 0.15) is 9.61 Å². The summed E-state index contributed by atoms with van der Waals surface area (Å²) in [5, 5.41) is 3.27. The van der Waals surface area contributed by atoms with E-state index in [9.17, 15) is 0 Å². The van der Waals surface area contributed by atoms with E-state index in [4.69, 9.17) is 0 Å². The van der Waals surface area contributed by atoms with Gasteiger partial charge in [-0.2, -0.15) is 0 Å². The van der Waals surface area contributed by atoms with Gasteiger partial charge in [0.05, 0.1) is 6.54 Å². The van der Waals surface area contributed by atoms with Crippen molar-refractivity contribution < 1.29 is 0 Å². The molecule has 0 spiro atoms. The minimum absolute atomic E-state index is 0.974. The summed E-state index contributed by atoms with van der Waals surface area (Å²) in [7, 11) is 0. The second kappa shape index (κ2) is 3.85. The molecule has 2 heterocycles. The zero-order valence-electron chi connectivity index (χ0n) is 6.79. The van der Waals surface area contributed by atoms with Gasteiger partial charge >= 0.3 is 0 Å². The van der Waals surface area contributed by atoms with Crippen LogP contribution in [0.5, 0.6) is 0 Å². The molecular weight excluding hydrogens is 236 g/mol. The fourth-order valence-corrected chi connectivity index (χ4v) is 2.80. The molecule has 0 N–H and O–H groups in total. The third-order valence-corrected chi connectivity index (χ3v) is 3.62. The Bertz CT molecular complexity index is 255. The highest BCUT2D eigenvalue weighted by Gasteiger charge is 2.12. The molecular formula is C8H11BrN2S. The molecule has 1 saturated heterocycles. The van der Waals surface area contributed by atoms with Crippen molar-refractivity contribution in [2.75, 3.05) is 13.1 Å². The summed E-state index contributed by atoms with van der Waals surface area (Å²) in [5.41, 5.74) is 0. The number of rotatable bonds is 2. The van der Waals surface area contributed by atoms with Crippen molar-refractivity contribution in [3.8, 4) is 0 Å². The highest BCUT2D eigenvalue weighted by atomic mass is 79.9. The lowest BCUT2D eigenvalue weighted by molar-refractivity contribution is 0.330. The maximum absolute atomic E-state index is 4.37. The molecule has 0 bridgehead atoms. The van der Waals surface area contributed by atoms with Gasteiger partial charge in [-0.3, -0.25) is 4.90 Å². The van der Waals surface area contributed by atoms with Crippen LogP contribution in [0, 0.1) is 0 Å². The summed E-state index contributed by atoms with van der Waals surface area (Å²) >= 11 is 5.10. The Hall–Kier alpha value is 0.0700. The number of thiazole rings is 1. The van der Waals surface area contributed by atoms with Crippen LogP contribution in [0.25, 0.3) is 0 Å². The first-order valence-electron chi connectivity index (χ1n) is 4.17. The molecule has 1 aliphatic heterocycles. The van der Waals surface area contributed by atoms with E-state index in [2.05, 4.69) is 25.8 Å². The highest BCUT2D eigenvalue weighted by molar-refractivity contribution is 9.10. The summed E-state index contributed by atoms with van der Waals surface area (Å²) < 4.78 is 0.974. The third kappa shape index (κ3) is 2.06. The van der Waals surface area contributed by atoms with E-state index in [1.165, 1.54) is 30.9 Å².